The van der Waals surface area contributed by atoms with Crippen molar-refractivity contribution < 1.29 is 52.7 Å². The number of benzene rings is 1. The Balaban J connectivity index is 3.12. The van der Waals surface area contributed by atoms with Crippen molar-refractivity contribution in [3.8, 4) is 0 Å². The van der Waals surface area contributed by atoms with Gasteiger partial charge < -0.3 is 0 Å². The van der Waals surface area contributed by atoms with Crippen LogP contribution in [-0.2, 0) is 10.2 Å². The zero-order valence-corrected chi connectivity index (χ0v) is 14.0. The Morgan fingerprint density at radius 1 is 0.680 bits per heavy atom. The highest BCUT2D eigenvalue weighted by atomic mass is 79.9. The van der Waals surface area contributed by atoms with E-state index in [4.69, 9.17) is 0 Å². The summed E-state index contributed by atoms with van der Waals surface area (Å²) in [7, 11) is 0. The lowest BCUT2D eigenvalue weighted by molar-refractivity contribution is -0.278. The topological polar surface area (TPSA) is 0 Å². The number of halogens is 14. The molecule has 1 atom stereocenters. The molecule has 1 unspecified atom stereocenters. The minimum Gasteiger partial charge on any atom is -0.203 e. The lowest BCUT2D eigenvalue weighted by Gasteiger charge is -2.39. The van der Waals surface area contributed by atoms with E-state index in [9.17, 15) is 52.7 Å². The van der Waals surface area contributed by atoms with Gasteiger partial charge in [0.1, 0.15) is 0 Å². The summed E-state index contributed by atoms with van der Waals surface area (Å²) < 4.78 is 158. The van der Waals surface area contributed by atoms with Crippen LogP contribution in [0.2, 0.25) is 0 Å². The molecule has 0 aromatic heterocycles. The third-order valence-electron chi connectivity index (χ3n) is 3.54. The Kier molecular flexibility index (Phi) is 4.29. The molecule has 25 heavy (non-hydrogen) atoms. The molecule has 14 heteroatoms. The van der Waals surface area contributed by atoms with Gasteiger partial charge in [0.05, 0.1) is 5.56 Å². The summed E-state index contributed by atoms with van der Waals surface area (Å²) in [6.07, 6.45) is 0. The van der Waals surface area contributed by atoms with E-state index in [1.165, 1.54) is 15.9 Å². The summed E-state index contributed by atoms with van der Waals surface area (Å²) in [4.78, 5) is -5.67. The van der Waals surface area contributed by atoms with E-state index >= 15 is 0 Å². The van der Waals surface area contributed by atoms with Crippen molar-refractivity contribution in [3.63, 3.8) is 0 Å². The molecule has 0 radical (unpaired) electrons. The van der Waals surface area contributed by atoms with Crippen molar-refractivity contribution in [1.29, 1.82) is 0 Å². The SMILES string of the molecule is Fc1c(F)c(F)c2c(c1F)C(F)(F)C(F)(F)C2(Br)C(F)(F)C(F)(F)Br. The predicted molar refractivity (Wildman–Crippen MR) is 64.5 cm³/mol. The summed E-state index contributed by atoms with van der Waals surface area (Å²) in [5.41, 5.74) is -5.86. The molecule has 0 N–H and O–H groups in total. The minimum atomic E-state index is -6.33. The van der Waals surface area contributed by atoms with Crippen molar-refractivity contribution in [2.45, 2.75) is 26.9 Å². The van der Waals surface area contributed by atoms with Gasteiger partial charge in [-0.2, -0.15) is 35.1 Å². The van der Waals surface area contributed by atoms with Crippen LogP contribution in [0.1, 0.15) is 11.1 Å². The molecule has 1 aromatic carbocycles. The van der Waals surface area contributed by atoms with Crippen LogP contribution in [0.15, 0.2) is 0 Å². The van der Waals surface area contributed by atoms with Crippen LogP contribution in [0.4, 0.5) is 52.7 Å². The van der Waals surface area contributed by atoms with E-state index in [-0.39, 0.29) is 0 Å². The van der Waals surface area contributed by atoms with Crippen molar-refractivity contribution in [2.75, 3.05) is 0 Å². The normalized spacial score (nSPS) is 25.2. The van der Waals surface area contributed by atoms with E-state index in [1.54, 1.807) is 0 Å². The van der Waals surface area contributed by atoms with Gasteiger partial charge in [-0.3, -0.25) is 0 Å². The molecule has 0 bridgehead atoms. The molecule has 0 saturated carbocycles. The van der Waals surface area contributed by atoms with Crippen LogP contribution in [0.5, 0.6) is 0 Å². The summed E-state index contributed by atoms with van der Waals surface area (Å²) in [6, 6.07) is 0. The second-order valence-electron chi connectivity index (χ2n) is 4.89. The summed E-state index contributed by atoms with van der Waals surface area (Å²) in [5, 5.41) is 0. The Hall–Kier alpha value is -0.660. The van der Waals surface area contributed by atoms with Crippen molar-refractivity contribution in [1.82, 2.24) is 0 Å². The lowest BCUT2D eigenvalue weighted by atomic mass is 9.90. The van der Waals surface area contributed by atoms with Gasteiger partial charge >= 0.3 is 22.6 Å². The molecule has 142 valence electrons. The zero-order chi connectivity index (χ0) is 20.0. The molecule has 0 amide bonds. The largest absolute Gasteiger partial charge is 0.365 e. The van der Waals surface area contributed by atoms with E-state index < -0.39 is 61.3 Å². The van der Waals surface area contributed by atoms with E-state index in [0.29, 0.717) is 0 Å². The van der Waals surface area contributed by atoms with Crippen molar-refractivity contribution >= 4 is 31.9 Å². The average molecular weight is 520 g/mol. The first kappa shape index (κ1) is 20.6. The third-order valence-corrected chi connectivity index (χ3v) is 5.43. The summed E-state index contributed by atoms with van der Waals surface area (Å²) in [6.45, 7) is 0. The Morgan fingerprint density at radius 3 is 1.40 bits per heavy atom. The molecular weight excluding hydrogens is 520 g/mol. The highest BCUT2D eigenvalue weighted by Crippen LogP contribution is 2.72. The Labute approximate surface area is 146 Å². The molecule has 0 saturated heterocycles. The summed E-state index contributed by atoms with van der Waals surface area (Å²) >= 11 is 2.24. The first-order valence-corrected chi connectivity index (χ1v) is 7.23. The van der Waals surface area contributed by atoms with Gasteiger partial charge in [0.15, 0.2) is 27.6 Å². The maximum Gasteiger partial charge on any atom is 0.365 e. The fourth-order valence-corrected chi connectivity index (χ4v) is 3.76. The number of hydrogen-bond donors (Lipinski definition) is 0. The molecule has 1 aromatic rings. The van der Waals surface area contributed by atoms with Crippen LogP contribution < -0.4 is 0 Å². The number of fused-ring (bicyclic) bond motifs is 1. The smallest absolute Gasteiger partial charge is 0.203 e. The molecule has 2 rings (SSSR count). The maximum atomic E-state index is 14.0. The Morgan fingerprint density at radius 2 is 1.04 bits per heavy atom. The first-order chi connectivity index (χ1) is 10.9. The number of rotatable bonds is 2. The van der Waals surface area contributed by atoms with Crippen LogP contribution in [0.3, 0.4) is 0 Å². The van der Waals surface area contributed by atoms with Gasteiger partial charge in [0.25, 0.3) is 0 Å². The van der Waals surface area contributed by atoms with E-state index in [1.807, 2.05) is 0 Å². The monoisotopic (exact) mass is 518 g/mol. The molecule has 0 nitrogen and oxygen atoms in total. The van der Waals surface area contributed by atoms with Crippen molar-refractivity contribution in [2.24, 2.45) is 0 Å². The number of alkyl halides is 10. The van der Waals surface area contributed by atoms with Crippen LogP contribution in [0, 0.1) is 23.3 Å². The number of hydrogen-bond acceptors (Lipinski definition) is 0. The van der Waals surface area contributed by atoms with E-state index in [0.717, 1.165) is 15.9 Å². The summed E-state index contributed by atoms with van der Waals surface area (Å²) in [5.74, 6) is -30.9. The molecule has 0 fully saturated rings. The van der Waals surface area contributed by atoms with Crippen LogP contribution in [-0.4, -0.2) is 16.7 Å². The lowest BCUT2D eigenvalue weighted by Crippen LogP contribution is -2.60. The minimum absolute atomic E-state index is 0.987. The molecule has 1 aliphatic carbocycles. The first-order valence-electron chi connectivity index (χ1n) is 5.65. The molecule has 0 heterocycles. The highest BCUT2D eigenvalue weighted by Gasteiger charge is 2.88. The van der Waals surface area contributed by atoms with Gasteiger partial charge in [-0.05, 0) is 15.9 Å². The maximum absolute atomic E-state index is 14.0. The van der Waals surface area contributed by atoms with E-state index in [2.05, 4.69) is 0 Å². The van der Waals surface area contributed by atoms with Gasteiger partial charge in [-0.25, -0.2) is 17.6 Å². The van der Waals surface area contributed by atoms with Crippen LogP contribution >= 0.6 is 31.9 Å². The Bertz CT molecular complexity index is 753. The standard InChI is InChI=1S/C11Br2F12/c12-7(10(22,23)11(13,24)25)1-2(8(18,19)9(7,20)21)4(15)6(17)5(16)3(1)14. The van der Waals surface area contributed by atoms with Gasteiger partial charge in [0.2, 0.25) is 0 Å². The fourth-order valence-electron chi connectivity index (χ4n) is 2.33. The molecular formula is C11Br2F12. The predicted octanol–water partition coefficient (Wildman–Crippen LogP) is 6.20. The second-order valence-corrected chi connectivity index (χ2v) is 7.07. The van der Waals surface area contributed by atoms with Crippen LogP contribution in [0.25, 0.3) is 0 Å². The van der Waals surface area contributed by atoms with Gasteiger partial charge in [-0.1, -0.05) is 15.9 Å². The molecule has 0 spiro atoms. The average Bonchev–Trinajstić information content (AvgIpc) is 2.57. The molecule has 0 aliphatic heterocycles. The third kappa shape index (κ3) is 2.09. The fraction of sp³-hybridized carbons (Fsp3) is 0.455. The van der Waals surface area contributed by atoms with Gasteiger partial charge in [0, 0.05) is 5.56 Å². The highest BCUT2D eigenvalue weighted by molar-refractivity contribution is 9.10. The quantitative estimate of drug-likeness (QED) is 0.189. The second kappa shape index (κ2) is 5.20. The van der Waals surface area contributed by atoms with Crippen molar-refractivity contribution in [3.05, 3.63) is 34.4 Å². The zero-order valence-electron chi connectivity index (χ0n) is 10.8. The molecule has 1 aliphatic rings. The van der Waals surface area contributed by atoms with Gasteiger partial charge in [-0.15, -0.1) is 0 Å².